The molecule has 0 saturated heterocycles. The molecule has 0 amide bonds. The van der Waals surface area contributed by atoms with Crippen molar-refractivity contribution in [2.45, 2.75) is 33.2 Å². The molecule has 0 aliphatic carbocycles. The number of rotatable bonds is 8. The van der Waals surface area contributed by atoms with E-state index < -0.39 is 11.4 Å². The third-order valence-electron chi connectivity index (χ3n) is 3.49. The molecule has 19 heavy (non-hydrogen) atoms. The van der Waals surface area contributed by atoms with Crippen LogP contribution < -0.4 is 10.2 Å². The van der Waals surface area contributed by atoms with E-state index in [1.165, 1.54) is 0 Å². The quantitative estimate of drug-likeness (QED) is 0.766. The van der Waals surface area contributed by atoms with Crippen molar-refractivity contribution in [2.24, 2.45) is 5.41 Å². The second-order valence-corrected chi connectivity index (χ2v) is 5.99. The van der Waals surface area contributed by atoms with Crippen LogP contribution in [0.2, 0.25) is 0 Å². The molecule has 0 radical (unpaired) electrons. The molecule has 0 bridgehead atoms. The fourth-order valence-electron chi connectivity index (χ4n) is 1.89. The minimum absolute atomic E-state index is 0.491. The SMILES string of the molecule is CCC(CC)(CNCc1cnc(N(C)C)s1)C(=O)O. The van der Waals surface area contributed by atoms with Crippen LogP contribution in [0.1, 0.15) is 31.6 Å². The van der Waals surface area contributed by atoms with Crippen LogP contribution in [0, 0.1) is 5.41 Å². The van der Waals surface area contributed by atoms with E-state index in [9.17, 15) is 9.90 Å². The summed E-state index contributed by atoms with van der Waals surface area (Å²) in [5.74, 6) is -0.719. The van der Waals surface area contributed by atoms with Gasteiger partial charge in [-0.3, -0.25) is 4.79 Å². The number of aliphatic carboxylic acids is 1. The van der Waals surface area contributed by atoms with Crippen LogP contribution in [0.3, 0.4) is 0 Å². The van der Waals surface area contributed by atoms with Crippen molar-refractivity contribution in [3.05, 3.63) is 11.1 Å². The lowest BCUT2D eigenvalue weighted by atomic mass is 9.82. The molecule has 1 rings (SSSR count). The van der Waals surface area contributed by atoms with Crippen LogP contribution in [-0.4, -0.2) is 36.7 Å². The largest absolute Gasteiger partial charge is 0.481 e. The summed E-state index contributed by atoms with van der Waals surface area (Å²) in [5.41, 5.74) is -0.658. The molecule has 5 nitrogen and oxygen atoms in total. The van der Waals surface area contributed by atoms with Gasteiger partial charge < -0.3 is 15.3 Å². The highest BCUT2D eigenvalue weighted by Gasteiger charge is 2.34. The van der Waals surface area contributed by atoms with E-state index in [4.69, 9.17) is 0 Å². The first-order valence-electron chi connectivity index (χ1n) is 6.51. The van der Waals surface area contributed by atoms with E-state index in [0.717, 1.165) is 10.0 Å². The molecule has 0 saturated carbocycles. The van der Waals surface area contributed by atoms with Crippen molar-refractivity contribution in [3.63, 3.8) is 0 Å². The van der Waals surface area contributed by atoms with E-state index in [-0.39, 0.29) is 0 Å². The Morgan fingerprint density at radius 2 is 2.11 bits per heavy atom. The summed E-state index contributed by atoms with van der Waals surface area (Å²) < 4.78 is 0. The van der Waals surface area contributed by atoms with Gasteiger partial charge in [-0.05, 0) is 12.8 Å². The molecule has 1 aromatic rings. The average Bonchev–Trinajstić information content (AvgIpc) is 2.83. The first-order valence-corrected chi connectivity index (χ1v) is 7.33. The highest BCUT2D eigenvalue weighted by Crippen LogP contribution is 2.26. The Balaban J connectivity index is 2.54. The second kappa shape index (κ2) is 6.86. The summed E-state index contributed by atoms with van der Waals surface area (Å²) in [6, 6.07) is 0. The molecule has 0 fully saturated rings. The molecular formula is C13H23N3O2S. The third kappa shape index (κ3) is 3.91. The number of hydrogen-bond acceptors (Lipinski definition) is 5. The topological polar surface area (TPSA) is 65.5 Å². The predicted octanol–water partition coefficient (Wildman–Crippen LogP) is 2.19. The average molecular weight is 285 g/mol. The van der Waals surface area contributed by atoms with E-state index in [1.54, 1.807) is 11.3 Å². The molecule has 1 heterocycles. The van der Waals surface area contributed by atoms with Gasteiger partial charge in [0.25, 0.3) is 0 Å². The summed E-state index contributed by atoms with van der Waals surface area (Å²) in [6.45, 7) is 5.01. The first-order chi connectivity index (χ1) is 8.95. The van der Waals surface area contributed by atoms with Gasteiger partial charge in [0.2, 0.25) is 0 Å². The summed E-state index contributed by atoms with van der Waals surface area (Å²) in [4.78, 5) is 18.7. The molecule has 0 atom stereocenters. The van der Waals surface area contributed by atoms with Crippen LogP contribution in [0.5, 0.6) is 0 Å². The zero-order valence-electron chi connectivity index (χ0n) is 12.1. The molecule has 2 N–H and O–H groups in total. The van der Waals surface area contributed by atoms with Gasteiger partial charge in [0.1, 0.15) is 0 Å². The molecule has 0 aliphatic rings. The monoisotopic (exact) mass is 285 g/mol. The number of hydrogen-bond donors (Lipinski definition) is 2. The van der Waals surface area contributed by atoms with Crippen molar-refractivity contribution in [1.29, 1.82) is 0 Å². The minimum atomic E-state index is -0.719. The maximum atomic E-state index is 11.4. The van der Waals surface area contributed by atoms with Crippen LogP contribution in [-0.2, 0) is 11.3 Å². The number of carboxylic acids is 1. The fraction of sp³-hybridized carbons (Fsp3) is 0.692. The van der Waals surface area contributed by atoms with E-state index in [2.05, 4.69) is 10.3 Å². The lowest BCUT2D eigenvalue weighted by Gasteiger charge is -2.26. The predicted molar refractivity (Wildman–Crippen MR) is 78.8 cm³/mol. The molecular weight excluding hydrogens is 262 g/mol. The minimum Gasteiger partial charge on any atom is -0.481 e. The molecule has 6 heteroatoms. The Hall–Kier alpha value is -1.14. The number of carbonyl (C=O) groups is 1. The molecule has 108 valence electrons. The van der Waals surface area contributed by atoms with Crippen LogP contribution in [0.25, 0.3) is 0 Å². The standard InChI is InChI=1S/C13H23N3O2S/c1-5-13(6-2,11(17)18)9-14-7-10-8-15-12(19-10)16(3)4/h8,14H,5-7,9H2,1-4H3,(H,17,18). The van der Waals surface area contributed by atoms with Gasteiger partial charge in [0.15, 0.2) is 5.13 Å². The Morgan fingerprint density at radius 3 is 2.53 bits per heavy atom. The first kappa shape index (κ1) is 15.9. The van der Waals surface area contributed by atoms with Gasteiger partial charge in [-0.2, -0.15) is 0 Å². The lowest BCUT2D eigenvalue weighted by Crippen LogP contribution is -2.39. The number of thiazole rings is 1. The van der Waals surface area contributed by atoms with Gasteiger partial charge in [-0.15, -0.1) is 11.3 Å². The number of nitrogens with one attached hydrogen (secondary N) is 1. The Kier molecular flexibility index (Phi) is 5.75. The van der Waals surface area contributed by atoms with E-state index in [1.807, 2.05) is 39.0 Å². The molecule has 0 spiro atoms. The van der Waals surface area contributed by atoms with E-state index >= 15 is 0 Å². The van der Waals surface area contributed by atoms with Gasteiger partial charge in [0, 0.05) is 38.3 Å². The zero-order chi connectivity index (χ0) is 14.5. The van der Waals surface area contributed by atoms with Gasteiger partial charge >= 0.3 is 5.97 Å². The third-order valence-corrected chi connectivity index (χ3v) is 4.66. The lowest BCUT2D eigenvalue weighted by molar-refractivity contribution is -0.149. The van der Waals surface area contributed by atoms with Crippen molar-refractivity contribution < 1.29 is 9.90 Å². The maximum Gasteiger partial charge on any atom is 0.310 e. The maximum absolute atomic E-state index is 11.4. The van der Waals surface area contributed by atoms with Crippen LogP contribution >= 0.6 is 11.3 Å². The van der Waals surface area contributed by atoms with Gasteiger partial charge in [0.05, 0.1) is 5.41 Å². The second-order valence-electron chi connectivity index (χ2n) is 4.90. The summed E-state index contributed by atoms with van der Waals surface area (Å²) >= 11 is 1.62. The smallest absolute Gasteiger partial charge is 0.310 e. The Labute approximate surface area is 118 Å². The Morgan fingerprint density at radius 1 is 1.47 bits per heavy atom. The molecule has 0 unspecified atom stereocenters. The number of anilines is 1. The fourth-order valence-corrected chi connectivity index (χ4v) is 2.69. The Bertz CT molecular complexity index is 414. The van der Waals surface area contributed by atoms with E-state index in [0.29, 0.717) is 25.9 Å². The summed E-state index contributed by atoms with van der Waals surface area (Å²) in [5, 5.41) is 13.6. The number of carboxylic acid groups (broad SMARTS) is 1. The van der Waals surface area contributed by atoms with Crippen LogP contribution in [0.15, 0.2) is 6.20 Å². The summed E-state index contributed by atoms with van der Waals surface area (Å²) in [6.07, 6.45) is 3.11. The highest BCUT2D eigenvalue weighted by molar-refractivity contribution is 7.15. The van der Waals surface area contributed by atoms with Gasteiger partial charge in [-0.25, -0.2) is 4.98 Å². The van der Waals surface area contributed by atoms with Crippen molar-refractivity contribution in [1.82, 2.24) is 10.3 Å². The number of aromatic nitrogens is 1. The molecule has 1 aromatic heterocycles. The zero-order valence-corrected chi connectivity index (χ0v) is 12.9. The van der Waals surface area contributed by atoms with Crippen molar-refractivity contribution in [2.75, 3.05) is 25.5 Å². The van der Waals surface area contributed by atoms with Crippen LogP contribution in [0.4, 0.5) is 5.13 Å². The summed E-state index contributed by atoms with van der Waals surface area (Å²) in [7, 11) is 3.92. The van der Waals surface area contributed by atoms with Gasteiger partial charge in [-0.1, -0.05) is 13.8 Å². The van der Waals surface area contributed by atoms with Crippen molar-refractivity contribution in [3.8, 4) is 0 Å². The van der Waals surface area contributed by atoms with Crippen molar-refractivity contribution >= 4 is 22.4 Å². The highest BCUT2D eigenvalue weighted by atomic mass is 32.1. The molecule has 0 aliphatic heterocycles. The number of nitrogens with zero attached hydrogens (tertiary/aromatic N) is 2. The molecule has 0 aromatic carbocycles. The normalized spacial score (nSPS) is 11.6.